The number of halogens is 1. The Labute approximate surface area is 85.7 Å². The average Bonchev–Trinajstić information content (AvgIpc) is 2.16. The Bertz CT molecular complexity index is 354. The Morgan fingerprint density at radius 3 is 2.71 bits per heavy atom. The first kappa shape index (κ1) is 10.6. The SMILES string of the molecule is COc1cc(N(N)Cl)ccc1C(=O)O. The molecule has 76 valence electrons. The fourth-order valence-electron chi connectivity index (χ4n) is 0.989. The smallest absolute Gasteiger partial charge is 0.339 e. The van der Waals surface area contributed by atoms with Crippen LogP contribution in [0.2, 0.25) is 0 Å². The van der Waals surface area contributed by atoms with Crippen molar-refractivity contribution in [2.75, 3.05) is 11.6 Å². The number of carboxylic acid groups (broad SMARTS) is 1. The van der Waals surface area contributed by atoms with Crippen molar-refractivity contribution in [2.24, 2.45) is 5.84 Å². The van der Waals surface area contributed by atoms with Crippen LogP contribution in [-0.4, -0.2) is 18.2 Å². The molecular formula is C8H9ClN2O3. The molecule has 0 saturated heterocycles. The van der Waals surface area contributed by atoms with Gasteiger partial charge < -0.3 is 9.84 Å². The van der Waals surface area contributed by atoms with Gasteiger partial charge in [0.2, 0.25) is 0 Å². The van der Waals surface area contributed by atoms with Crippen molar-refractivity contribution in [3.63, 3.8) is 0 Å². The highest BCUT2D eigenvalue weighted by Crippen LogP contribution is 2.25. The van der Waals surface area contributed by atoms with Crippen LogP contribution in [0.5, 0.6) is 5.75 Å². The molecule has 0 heterocycles. The van der Waals surface area contributed by atoms with E-state index in [1.807, 2.05) is 0 Å². The van der Waals surface area contributed by atoms with Crippen LogP contribution in [0.1, 0.15) is 10.4 Å². The largest absolute Gasteiger partial charge is 0.496 e. The molecule has 0 amide bonds. The first-order valence-electron chi connectivity index (χ1n) is 3.68. The number of rotatable bonds is 3. The number of hydrazine groups is 1. The summed E-state index contributed by atoms with van der Waals surface area (Å²) in [4.78, 5) is 10.7. The number of ether oxygens (including phenoxy) is 1. The van der Waals surface area contributed by atoms with Crippen LogP contribution in [0.25, 0.3) is 0 Å². The van der Waals surface area contributed by atoms with E-state index in [1.165, 1.54) is 25.3 Å². The fourth-order valence-corrected chi connectivity index (χ4v) is 1.09. The summed E-state index contributed by atoms with van der Waals surface area (Å²) in [6, 6.07) is 4.30. The molecule has 0 unspecified atom stereocenters. The van der Waals surface area contributed by atoms with Crippen LogP contribution >= 0.6 is 11.8 Å². The normalized spacial score (nSPS) is 9.64. The van der Waals surface area contributed by atoms with Gasteiger partial charge in [-0.3, -0.25) is 0 Å². The van der Waals surface area contributed by atoms with Crippen LogP contribution < -0.4 is 15.1 Å². The zero-order valence-corrected chi connectivity index (χ0v) is 8.15. The van der Waals surface area contributed by atoms with Crippen LogP contribution in [0.15, 0.2) is 18.2 Å². The van der Waals surface area contributed by atoms with Gasteiger partial charge in [0.25, 0.3) is 0 Å². The lowest BCUT2D eigenvalue weighted by atomic mass is 10.2. The van der Waals surface area contributed by atoms with E-state index in [1.54, 1.807) is 0 Å². The maximum absolute atomic E-state index is 10.7. The Morgan fingerprint density at radius 1 is 1.64 bits per heavy atom. The molecule has 0 bridgehead atoms. The summed E-state index contributed by atoms with van der Waals surface area (Å²) in [5.41, 5.74) is 0.517. The van der Waals surface area contributed by atoms with E-state index < -0.39 is 5.97 Å². The number of hydrogen-bond acceptors (Lipinski definition) is 4. The van der Waals surface area contributed by atoms with Crippen molar-refractivity contribution in [1.29, 1.82) is 0 Å². The standard InChI is InChI=1S/C8H9ClN2O3/c1-14-7-4-5(11(9)10)2-3-6(7)8(12)13/h2-4H,10H2,1H3,(H,12,13). The summed E-state index contributed by atoms with van der Waals surface area (Å²) in [6.07, 6.45) is 0. The molecule has 0 radical (unpaired) electrons. The summed E-state index contributed by atoms with van der Waals surface area (Å²) < 4.78 is 5.73. The number of benzene rings is 1. The minimum atomic E-state index is -1.06. The van der Waals surface area contributed by atoms with Gasteiger partial charge in [0.1, 0.15) is 11.3 Å². The average molecular weight is 217 g/mol. The van der Waals surface area contributed by atoms with Crippen LogP contribution in [0, 0.1) is 0 Å². The maximum atomic E-state index is 10.7. The molecular weight excluding hydrogens is 208 g/mol. The van der Waals surface area contributed by atoms with Crippen LogP contribution in [-0.2, 0) is 0 Å². The minimum Gasteiger partial charge on any atom is -0.496 e. The Hall–Kier alpha value is -1.46. The third-order valence-electron chi connectivity index (χ3n) is 1.66. The number of nitrogens with zero attached hydrogens (tertiary/aromatic N) is 1. The number of carboxylic acids is 1. The fraction of sp³-hybridized carbons (Fsp3) is 0.125. The minimum absolute atomic E-state index is 0.0646. The summed E-state index contributed by atoms with van der Waals surface area (Å²) in [7, 11) is 1.38. The number of carbonyl (C=O) groups is 1. The predicted octanol–water partition coefficient (Wildman–Crippen LogP) is 1.23. The summed E-state index contributed by atoms with van der Waals surface area (Å²) in [5, 5.41) is 8.77. The Morgan fingerprint density at radius 2 is 2.29 bits per heavy atom. The van der Waals surface area contributed by atoms with Crippen molar-refractivity contribution >= 4 is 23.4 Å². The van der Waals surface area contributed by atoms with Gasteiger partial charge in [-0.15, -0.1) is 0 Å². The van der Waals surface area contributed by atoms with Gasteiger partial charge in [0.15, 0.2) is 0 Å². The third kappa shape index (κ3) is 2.07. The first-order valence-corrected chi connectivity index (χ1v) is 4.02. The molecule has 0 aliphatic carbocycles. The van der Waals surface area contributed by atoms with Crippen molar-refractivity contribution in [1.82, 2.24) is 0 Å². The van der Waals surface area contributed by atoms with Gasteiger partial charge in [-0.2, -0.15) is 0 Å². The number of aromatic carboxylic acids is 1. The molecule has 0 atom stereocenters. The van der Waals surface area contributed by atoms with Crippen LogP contribution in [0.3, 0.4) is 0 Å². The molecule has 0 spiro atoms. The van der Waals surface area contributed by atoms with Gasteiger partial charge >= 0.3 is 5.97 Å². The van der Waals surface area contributed by atoms with E-state index in [0.29, 0.717) is 5.69 Å². The number of anilines is 1. The lowest BCUT2D eigenvalue weighted by Crippen LogP contribution is -2.18. The second-order valence-electron chi connectivity index (χ2n) is 2.50. The maximum Gasteiger partial charge on any atom is 0.339 e. The Balaban J connectivity index is 3.18. The molecule has 0 aromatic heterocycles. The van der Waals surface area contributed by atoms with E-state index in [9.17, 15) is 4.79 Å². The van der Waals surface area contributed by atoms with E-state index in [2.05, 4.69) is 0 Å². The highest BCUT2D eigenvalue weighted by molar-refractivity contribution is 6.24. The van der Waals surface area contributed by atoms with Gasteiger partial charge in [-0.25, -0.2) is 15.2 Å². The molecule has 3 N–H and O–H groups in total. The number of nitrogens with two attached hydrogens (primary N) is 1. The summed E-state index contributed by atoms with van der Waals surface area (Å²) in [6.45, 7) is 0. The molecule has 0 aliphatic heterocycles. The second-order valence-corrected chi connectivity index (χ2v) is 2.87. The van der Waals surface area contributed by atoms with Gasteiger partial charge in [-0.05, 0) is 12.1 Å². The molecule has 0 fully saturated rings. The Kier molecular flexibility index (Phi) is 3.16. The first-order chi connectivity index (χ1) is 6.56. The van der Waals surface area contributed by atoms with Crippen LogP contribution in [0.4, 0.5) is 5.69 Å². The lowest BCUT2D eigenvalue weighted by Gasteiger charge is -2.11. The van der Waals surface area contributed by atoms with Crippen molar-refractivity contribution < 1.29 is 14.6 Å². The van der Waals surface area contributed by atoms with Crippen molar-refractivity contribution in [3.8, 4) is 5.75 Å². The van der Waals surface area contributed by atoms with Gasteiger partial charge in [0, 0.05) is 17.8 Å². The molecule has 1 rings (SSSR count). The topological polar surface area (TPSA) is 75.8 Å². The zero-order valence-electron chi connectivity index (χ0n) is 7.40. The second kappa shape index (κ2) is 4.17. The van der Waals surface area contributed by atoms with E-state index >= 15 is 0 Å². The molecule has 1 aromatic carbocycles. The highest BCUT2D eigenvalue weighted by atomic mass is 35.5. The van der Waals surface area contributed by atoms with E-state index in [4.69, 9.17) is 27.5 Å². The van der Waals surface area contributed by atoms with Crippen molar-refractivity contribution in [2.45, 2.75) is 0 Å². The molecule has 5 nitrogen and oxygen atoms in total. The number of hydrogen-bond donors (Lipinski definition) is 2. The number of methoxy groups -OCH3 is 1. The molecule has 0 saturated carbocycles. The summed E-state index contributed by atoms with van der Waals surface area (Å²) in [5.74, 6) is 4.41. The molecule has 1 aromatic rings. The molecule has 6 heteroatoms. The zero-order chi connectivity index (χ0) is 10.7. The third-order valence-corrected chi connectivity index (χ3v) is 1.86. The van der Waals surface area contributed by atoms with Gasteiger partial charge in [0.05, 0.1) is 12.8 Å². The molecule has 0 aliphatic rings. The molecule has 14 heavy (non-hydrogen) atoms. The predicted molar refractivity (Wildman–Crippen MR) is 52.5 cm³/mol. The van der Waals surface area contributed by atoms with Gasteiger partial charge in [-0.1, -0.05) is 0 Å². The van der Waals surface area contributed by atoms with E-state index in [0.717, 1.165) is 4.53 Å². The highest BCUT2D eigenvalue weighted by Gasteiger charge is 2.12. The monoisotopic (exact) mass is 216 g/mol. The lowest BCUT2D eigenvalue weighted by molar-refractivity contribution is 0.0693. The van der Waals surface area contributed by atoms with E-state index in [-0.39, 0.29) is 11.3 Å². The quantitative estimate of drug-likeness (QED) is 0.452. The summed E-state index contributed by atoms with van der Waals surface area (Å²) >= 11 is 5.47. The van der Waals surface area contributed by atoms with Crippen molar-refractivity contribution in [3.05, 3.63) is 23.8 Å².